The summed E-state index contributed by atoms with van der Waals surface area (Å²) in [6, 6.07) is 10.5. The van der Waals surface area contributed by atoms with Crippen LogP contribution in [0.15, 0.2) is 47.7 Å². The Bertz CT molecular complexity index is 956. The van der Waals surface area contributed by atoms with E-state index in [0.717, 1.165) is 37.5 Å². The molecule has 1 saturated heterocycles. The van der Waals surface area contributed by atoms with E-state index >= 15 is 0 Å². The van der Waals surface area contributed by atoms with Crippen LogP contribution in [0.2, 0.25) is 0 Å². The number of hydrogen-bond acceptors (Lipinski definition) is 6. The summed E-state index contributed by atoms with van der Waals surface area (Å²) in [6.07, 6.45) is -0.910. The zero-order valence-electron chi connectivity index (χ0n) is 18.3. The lowest BCUT2D eigenvalue weighted by Gasteiger charge is -2.33. The summed E-state index contributed by atoms with van der Waals surface area (Å²) < 4.78 is 50.9. The molecule has 2 aliphatic rings. The molecule has 1 aromatic heterocycles. The van der Waals surface area contributed by atoms with Crippen LogP contribution in [0.4, 0.5) is 24.7 Å². The van der Waals surface area contributed by atoms with E-state index in [-0.39, 0.29) is 12.1 Å². The standard InChI is InChI=1S/C23H27F3N4O2/c1-15-16(2)30(28-22(15)23(24,25)26)17-4-6-18(7-5-17)32-19-9-12-29(13-10-19)21-14-20(31-3)8-11-27-21/h4-8,11,14-16,19H,9-10,12-13H2,1-3H3/t15-,16-/m0/s1. The number of rotatable bonds is 5. The van der Waals surface area contributed by atoms with Crippen molar-refractivity contribution in [3.63, 3.8) is 0 Å². The number of benzene rings is 1. The third kappa shape index (κ3) is 4.61. The van der Waals surface area contributed by atoms with Gasteiger partial charge in [0.15, 0.2) is 0 Å². The maximum atomic E-state index is 13.2. The van der Waals surface area contributed by atoms with Crippen molar-refractivity contribution in [2.45, 2.75) is 45.0 Å². The Hall–Kier alpha value is -2.97. The van der Waals surface area contributed by atoms with E-state index in [1.54, 1.807) is 51.4 Å². The van der Waals surface area contributed by atoms with Gasteiger partial charge in [0.05, 0.1) is 18.8 Å². The Labute approximate surface area is 185 Å². The Balaban J connectivity index is 1.35. The van der Waals surface area contributed by atoms with Gasteiger partial charge in [-0.05, 0) is 37.3 Å². The number of halogens is 3. The summed E-state index contributed by atoms with van der Waals surface area (Å²) >= 11 is 0. The van der Waals surface area contributed by atoms with E-state index in [1.165, 1.54) is 5.01 Å². The number of hydrazone groups is 1. The molecule has 0 unspecified atom stereocenters. The quantitative estimate of drug-likeness (QED) is 0.651. The van der Waals surface area contributed by atoms with E-state index in [9.17, 15) is 13.2 Å². The second-order valence-electron chi connectivity index (χ2n) is 8.21. The number of alkyl halides is 3. The Kier molecular flexibility index (Phi) is 6.17. The highest BCUT2D eigenvalue weighted by Crippen LogP contribution is 2.35. The van der Waals surface area contributed by atoms with Gasteiger partial charge < -0.3 is 14.4 Å². The van der Waals surface area contributed by atoms with E-state index in [0.29, 0.717) is 11.4 Å². The molecule has 1 aromatic carbocycles. The molecule has 0 amide bonds. The van der Waals surface area contributed by atoms with E-state index < -0.39 is 17.8 Å². The first-order valence-electron chi connectivity index (χ1n) is 10.7. The summed E-state index contributed by atoms with van der Waals surface area (Å²) in [5.74, 6) is 1.68. The number of pyridine rings is 1. The van der Waals surface area contributed by atoms with Gasteiger partial charge >= 0.3 is 6.18 Å². The third-order valence-electron chi connectivity index (χ3n) is 6.17. The first-order chi connectivity index (χ1) is 15.3. The van der Waals surface area contributed by atoms with Crippen molar-refractivity contribution in [2.75, 3.05) is 30.1 Å². The van der Waals surface area contributed by atoms with E-state index in [2.05, 4.69) is 15.0 Å². The number of nitrogens with zero attached hydrogens (tertiary/aromatic N) is 4. The smallest absolute Gasteiger partial charge is 0.431 e. The van der Waals surface area contributed by atoms with Gasteiger partial charge in [-0.3, -0.25) is 5.01 Å². The molecule has 0 radical (unpaired) electrons. The highest BCUT2D eigenvalue weighted by molar-refractivity contribution is 5.95. The number of piperidine rings is 1. The maximum Gasteiger partial charge on any atom is 0.431 e. The zero-order valence-corrected chi connectivity index (χ0v) is 18.3. The van der Waals surface area contributed by atoms with Gasteiger partial charge in [0, 0.05) is 44.1 Å². The fourth-order valence-electron chi connectivity index (χ4n) is 4.12. The second kappa shape index (κ2) is 8.88. The van der Waals surface area contributed by atoms with Crippen LogP contribution in [-0.2, 0) is 0 Å². The van der Waals surface area contributed by atoms with Crippen molar-refractivity contribution in [3.8, 4) is 11.5 Å². The highest BCUT2D eigenvalue weighted by Gasteiger charge is 2.46. The molecule has 172 valence electrons. The monoisotopic (exact) mass is 448 g/mol. The summed E-state index contributed by atoms with van der Waals surface area (Å²) in [4.78, 5) is 6.62. The molecule has 0 bridgehead atoms. The molecule has 2 atom stereocenters. The van der Waals surface area contributed by atoms with Crippen molar-refractivity contribution in [1.29, 1.82) is 0 Å². The molecule has 0 saturated carbocycles. The number of anilines is 2. The molecule has 32 heavy (non-hydrogen) atoms. The average Bonchev–Trinajstić information content (AvgIpc) is 3.10. The number of hydrogen-bond donors (Lipinski definition) is 0. The van der Waals surface area contributed by atoms with Crippen LogP contribution >= 0.6 is 0 Å². The third-order valence-corrected chi connectivity index (χ3v) is 6.17. The fourth-order valence-corrected chi connectivity index (χ4v) is 4.12. The van der Waals surface area contributed by atoms with Crippen molar-refractivity contribution < 1.29 is 22.6 Å². The molecule has 2 aromatic rings. The lowest BCUT2D eigenvalue weighted by molar-refractivity contribution is -0.0619. The lowest BCUT2D eigenvalue weighted by atomic mass is 9.98. The minimum absolute atomic E-state index is 0.0725. The van der Waals surface area contributed by atoms with Gasteiger partial charge in [0.1, 0.15) is 29.1 Å². The first kappa shape index (κ1) is 22.2. The second-order valence-corrected chi connectivity index (χ2v) is 8.21. The van der Waals surface area contributed by atoms with Crippen LogP contribution in [0.25, 0.3) is 0 Å². The van der Waals surface area contributed by atoms with Crippen LogP contribution in [0.5, 0.6) is 11.5 Å². The summed E-state index contributed by atoms with van der Waals surface area (Å²) in [5, 5.41) is 5.29. The minimum Gasteiger partial charge on any atom is -0.497 e. The maximum absolute atomic E-state index is 13.2. The van der Waals surface area contributed by atoms with Gasteiger partial charge in [0.25, 0.3) is 0 Å². The highest BCUT2D eigenvalue weighted by atomic mass is 19.4. The Morgan fingerprint density at radius 2 is 1.69 bits per heavy atom. The molecular weight excluding hydrogens is 421 g/mol. The SMILES string of the molecule is COc1ccnc(N2CCC(Oc3ccc(N4N=C(C(F)(F)F)[C@@H](C)[C@@H]4C)cc3)CC2)c1. The molecule has 6 nitrogen and oxygen atoms in total. The number of aromatic nitrogens is 1. The van der Waals surface area contributed by atoms with Crippen LogP contribution in [0.3, 0.4) is 0 Å². The first-order valence-corrected chi connectivity index (χ1v) is 10.7. The van der Waals surface area contributed by atoms with Crippen molar-refractivity contribution in [1.82, 2.24) is 4.98 Å². The molecule has 9 heteroatoms. The summed E-state index contributed by atoms with van der Waals surface area (Å²) in [6.45, 7) is 4.95. The molecule has 0 aliphatic carbocycles. The fraction of sp³-hybridized carbons (Fsp3) is 0.478. The van der Waals surface area contributed by atoms with E-state index in [4.69, 9.17) is 9.47 Å². The summed E-state index contributed by atoms with van der Waals surface area (Å²) in [5.41, 5.74) is -0.113. The summed E-state index contributed by atoms with van der Waals surface area (Å²) in [7, 11) is 1.64. The molecule has 0 N–H and O–H groups in total. The topological polar surface area (TPSA) is 50.2 Å². The van der Waals surface area contributed by atoms with Gasteiger partial charge in [-0.1, -0.05) is 6.92 Å². The Morgan fingerprint density at radius 3 is 2.28 bits per heavy atom. The predicted molar refractivity (Wildman–Crippen MR) is 118 cm³/mol. The van der Waals surface area contributed by atoms with Crippen LogP contribution in [0.1, 0.15) is 26.7 Å². The van der Waals surface area contributed by atoms with Crippen molar-refractivity contribution in [2.24, 2.45) is 11.0 Å². The average molecular weight is 448 g/mol. The van der Waals surface area contributed by atoms with Crippen LogP contribution in [-0.4, -0.2) is 49.2 Å². The molecule has 2 aliphatic heterocycles. The largest absolute Gasteiger partial charge is 0.497 e. The lowest BCUT2D eigenvalue weighted by Crippen LogP contribution is -2.38. The van der Waals surface area contributed by atoms with Crippen molar-refractivity contribution in [3.05, 3.63) is 42.6 Å². The van der Waals surface area contributed by atoms with Crippen LogP contribution < -0.4 is 19.4 Å². The van der Waals surface area contributed by atoms with Gasteiger partial charge in [-0.2, -0.15) is 18.3 Å². The van der Waals surface area contributed by atoms with E-state index in [1.807, 2.05) is 12.1 Å². The minimum atomic E-state index is -4.42. The Morgan fingerprint density at radius 1 is 1.00 bits per heavy atom. The number of methoxy groups -OCH3 is 1. The van der Waals surface area contributed by atoms with Gasteiger partial charge in [-0.25, -0.2) is 4.98 Å². The zero-order chi connectivity index (χ0) is 22.9. The van der Waals surface area contributed by atoms with Crippen LogP contribution in [0, 0.1) is 5.92 Å². The molecule has 4 rings (SSSR count). The van der Waals surface area contributed by atoms with Crippen molar-refractivity contribution >= 4 is 17.2 Å². The molecule has 0 spiro atoms. The molecule has 3 heterocycles. The van der Waals surface area contributed by atoms with Gasteiger partial charge in [-0.15, -0.1) is 0 Å². The van der Waals surface area contributed by atoms with Gasteiger partial charge in [0.2, 0.25) is 0 Å². The molecule has 1 fully saturated rings. The number of ether oxygens (including phenoxy) is 2. The molecular formula is C23H27F3N4O2. The normalized spacial score (nSPS) is 22.1. The predicted octanol–water partition coefficient (Wildman–Crippen LogP) is 4.90.